The number of imidazole rings is 1. The third-order valence-electron chi connectivity index (χ3n) is 7.36. The van der Waals surface area contributed by atoms with Crippen LogP contribution in [0.3, 0.4) is 0 Å². The van der Waals surface area contributed by atoms with Crippen molar-refractivity contribution in [2.45, 2.75) is 91.8 Å². The molecule has 1 aliphatic carbocycles. The first-order valence-corrected chi connectivity index (χ1v) is 14.0. The maximum atomic E-state index is 13.2. The highest BCUT2D eigenvalue weighted by Gasteiger charge is 2.62. The molecular formula is C29H44F3N7O2. The number of H-pyrrole nitrogens is 1. The lowest BCUT2D eigenvalue weighted by molar-refractivity contribution is -0.189. The van der Waals surface area contributed by atoms with Gasteiger partial charge in [-0.05, 0) is 77.4 Å². The van der Waals surface area contributed by atoms with E-state index >= 15 is 0 Å². The maximum absolute atomic E-state index is 13.2. The average molecular weight is 580 g/mol. The Morgan fingerprint density at radius 2 is 2.02 bits per heavy atom. The molecule has 0 aromatic carbocycles. The molecule has 12 heteroatoms. The lowest BCUT2D eigenvalue weighted by Gasteiger charge is -2.23. The number of carbonyl (C=O) groups excluding carboxylic acids is 2. The smallest absolute Gasteiger partial charge is 0.356 e. The second kappa shape index (κ2) is 15.0. The van der Waals surface area contributed by atoms with Gasteiger partial charge in [0.1, 0.15) is 11.5 Å². The van der Waals surface area contributed by atoms with Gasteiger partial charge in [-0.15, -0.1) is 0 Å². The molecule has 2 amide bonds. The summed E-state index contributed by atoms with van der Waals surface area (Å²) in [6.07, 6.45) is 4.04. The molecule has 2 fully saturated rings. The highest BCUT2D eigenvalue weighted by molar-refractivity contribution is 5.92. The number of hydrogen-bond donors (Lipinski definition) is 4. The first-order valence-electron chi connectivity index (χ1n) is 14.0. The fourth-order valence-corrected chi connectivity index (χ4v) is 4.33. The average Bonchev–Trinajstić information content (AvgIpc) is 3.40. The molecule has 1 saturated carbocycles. The van der Waals surface area contributed by atoms with Crippen molar-refractivity contribution >= 4 is 17.5 Å². The van der Waals surface area contributed by atoms with E-state index in [1.807, 2.05) is 13.0 Å². The SMILES string of the molecule is CC1CCC(=O)NC1.CCC(C)=CC(C)=N.Cc1ncc(C(CCC2(C(F)(F)F)CC2)NC(=O)c2ccnn2C)[nH]1. The summed E-state index contributed by atoms with van der Waals surface area (Å²) in [7, 11) is 1.63. The minimum atomic E-state index is -4.20. The molecule has 2 aromatic rings. The van der Waals surface area contributed by atoms with Gasteiger partial charge in [0.25, 0.3) is 5.91 Å². The van der Waals surface area contributed by atoms with Crippen molar-refractivity contribution in [3.8, 4) is 0 Å². The van der Waals surface area contributed by atoms with Crippen molar-refractivity contribution in [1.82, 2.24) is 30.4 Å². The zero-order valence-electron chi connectivity index (χ0n) is 24.9. The number of nitrogens with one attached hydrogen (secondary N) is 4. The molecule has 4 N–H and O–H groups in total. The van der Waals surface area contributed by atoms with Gasteiger partial charge in [-0.25, -0.2) is 4.98 Å². The Morgan fingerprint density at radius 3 is 2.41 bits per heavy atom. The van der Waals surface area contributed by atoms with E-state index in [0.717, 1.165) is 25.8 Å². The number of aromatic nitrogens is 4. The Kier molecular flexibility index (Phi) is 12.3. The minimum absolute atomic E-state index is 0.0229. The molecular weight excluding hydrogens is 535 g/mol. The second-order valence-corrected chi connectivity index (χ2v) is 11.1. The number of carbonyl (C=O) groups is 2. The van der Waals surface area contributed by atoms with E-state index in [1.54, 1.807) is 33.2 Å². The van der Waals surface area contributed by atoms with Gasteiger partial charge < -0.3 is 21.0 Å². The number of hydrogen-bond acceptors (Lipinski definition) is 5. The molecule has 3 heterocycles. The van der Waals surface area contributed by atoms with E-state index in [0.29, 0.717) is 28.8 Å². The van der Waals surface area contributed by atoms with Crippen molar-refractivity contribution < 1.29 is 22.8 Å². The molecule has 2 atom stereocenters. The van der Waals surface area contributed by atoms with E-state index in [4.69, 9.17) is 5.41 Å². The van der Waals surface area contributed by atoms with Gasteiger partial charge in [-0.2, -0.15) is 18.3 Å². The summed E-state index contributed by atoms with van der Waals surface area (Å²) < 4.78 is 40.9. The molecule has 1 saturated heterocycles. The number of rotatable bonds is 8. The molecule has 0 radical (unpaired) electrons. The van der Waals surface area contributed by atoms with Crippen LogP contribution in [0.2, 0.25) is 0 Å². The monoisotopic (exact) mass is 579 g/mol. The minimum Gasteiger partial charge on any atom is -0.356 e. The van der Waals surface area contributed by atoms with E-state index in [2.05, 4.69) is 39.5 Å². The lowest BCUT2D eigenvalue weighted by atomic mass is 9.95. The van der Waals surface area contributed by atoms with Crippen LogP contribution >= 0.6 is 0 Å². The molecule has 9 nitrogen and oxygen atoms in total. The molecule has 228 valence electrons. The number of allylic oxidation sites excluding steroid dienone is 2. The zero-order chi connectivity index (χ0) is 30.8. The number of nitrogens with zero attached hydrogens (tertiary/aromatic N) is 3. The van der Waals surface area contributed by atoms with Gasteiger partial charge in [-0.3, -0.25) is 14.3 Å². The molecule has 0 bridgehead atoms. The summed E-state index contributed by atoms with van der Waals surface area (Å²) in [4.78, 5) is 30.0. The predicted octanol–water partition coefficient (Wildman–Crippen LogP) is 5.96. The van der Waals surface area contributed by atoms with Crippen LogP contribution in [0.25, 0.3) is 0 Å². The topological polar surface area (TPSA) is 129 Å². The molecule has 4 rings (SSSR count). The fraction of sp³-hybridized carbons (Fsp3) is 0.621. The maximum Gasteiger partial charge on any atom is 0.394 e. The zero-order valence-corrected chi connectivity index (χ0v) is 24.9. The van der Waals surface area contributed by atoms with Crippen LogP contribution in [0.5, 0.6) is 0 Å². The summed E-state index contributed by atoms with van der Waals surface area (Å²) >= 11 is 0. The predicted molar refractivity (Wildman–Crippen MR) is 153 cm³/mol. The van der Waals surface area contributed by atoms with E-state index < -0.39 is 17.6 Å². The second-order valence-electron chi connectivity index (χ2n) is 11.1. The van der Waals surface area contributed by atoms with Crippen LogP contribution in [-0.2, 0) is 11.8 Å². The van der Waals surface area contributed by atoms with Crippen molar-refractivity contribution in [3.63, 3.8) is 0 Å². The van der Waals surface area contributed by atoms with Gasteiger partial charge in [0.15, 0.2) is 0 Å². The molecule has 1 aliphatic heterocycles. The Balaban J connectivity index is 0.000000300. The summed E-state index contributed by atoms with van der Waals surface area (Å²) in [6.45, 7) is 10.7. The van der Waals surface area contributed by atoms with Gasteiger partial charge in [0.05, 0.1) is 23.3 Å². The lowest BCUT2D eigenvalue weighted by Crippen LogP contribution is -2.33. The van der Waals surface area contributed by atoms with Gasteiger partial charge in [0.2, 0.25) is 5.91 Å². The van der Waals surface area contributed by atoms with Crippen molar-refractivity contribution in [2.75, 3.05) is 6.54 Å². The van der Waals surface area contributed by atoms with Crippen LogP contribution in [0.15, 0.2) is 30.1 Å². The van der Waals surface area contributed by atoms with E-state index in [-0.39, 0.29) is 37.5 Å². The number of alkyl halides is 3. The fourth-order valence-electron chi connectivity index (χ4n) is 4.33. The molecule has 0 spiro atoms. The molecule has 41 heavy (non-hydrogen) atoms. The third-order valence-corrected chi connectivity index (χ3v) is 7.36. The summed E-state index contributed by atoms with van der Waals surface area (Å²) in [5.41, 5.74) is 1.27. The largest absolute Gasteiger partial charge is 0.394 e. The van der Waals surface area contributed by atoms with E-state index in [1.165, 1.54) is 16.5 Å². The van der Waals surface area contributed by atoms with Crippen LogP contribution in [0.1, 0.15) is 101 Å². The Hall–Kier alpha value is -3.44. The molecule has 2 aromatic heterocycles. The first kappa shape index (κ1) is 33.8. The number of amides is 2. The van der Waals surface area contributed by atoms with E-state index in [9.17, 15) is 22.8 Å². The normalized spacial score (nSPS) is 18.6. The number of aromatic amines is 1. The summed E-state index contributed by atoms with van der Waals surface area (Å²) in [5.74, 6) is 1.16. The highest BCUT2D eigenvalue weighted by atomic mass is 19.4. The van der Waals surface area contributed by atoms with Crippen LogP contribution in [-0.4, -0.2) is 50.0 Å². The Labute approximate surface area is 240 Å². The standard InChI is InChI=1S/C16H20F3N5O.C7H13N.C6H11NO/c1-10-20-9-12(22-10)11(3-5-15(6-7-15)16(17,18)19)23-14(25)13-4-8-21-24(13)2;1-4-6(2)5-7(3)8;1-5-2-3-6(8)7-4-5/h4,8-9,11H,3,5-7H2,1-2H3,(H,20,22)(H,23,25);5,8H,4H2,1-3H3;5H,2-4H2,1H3,(H,7,8). The highest BCUT2D eigenvalue weighted by Crippen LogP contribution is 2.61. The molecule has 2 aliphatic rings. The molecule has 2 unspecified atom stereocenters. The van der Waals surface area contributed by atoms with Crippen LogP contribution in [0, 0.1) is 23.7 Å². The van der Waals surface area contributed by atoms with Crippen molar-refractivity contribution in [2.24, 2.45) is 18.4 Å². The summed E-state index contributed by atoms with van der Waals surface area (Å²) in [6, 6.07) is 0.992. The Morgan fingerprint density at radius 1 is 1.34 bits per heavy atom. The van der Waals surface area contributed by atoms with Crippen LogP contribution < -0.4 is 10.6 Å². The first-order chi connectivity index (χ1) is 19.2. The van der Waals surface area contributed by atoms with Gasteiger partial charge in [0, 0.05) is 31.9 Å². The number of halogens is 3. The van der Waals surface area contributed by atoms with Crippen molar-refractivity contribution in [1.29, 1.82) is 5.41 Å². The van der Waals surface area contributed by atoms with Crippen LogP contribution in [0.4, 0.5) is 13.2 Å². The summed E-state index contributed by atoms with van der Waals surface area (Å²) in [5, 5.41) is 16.6. The Bertz CT molecular complexity index is 1190. The van der Waals surface area contributed by atoms with Gasteiger partial charge >= 0.3 is 6.18 Å². The van der Waals surface area contributed by atoms with Gasteiger partial charge in [-0.1, -0.05) is 19.4 Å². The third kappa shape index (κ3) is 10.8. The quantitative estimate of drug-likeness (QED) is 0.288. The number of piperidine rings is 1. The van der Waals surface area contributed by atoms with Crippen molar-refractivity contribution in [3.05, 3.63) is 47.3 Å². The number of aryl methyl sites for hydroxylation is 2.